The maximum atomic E-state index is 5.74. The monoisotopic (exact) mass is 271 g/mol. The maximum Gasteiger partial charge on any atom is 0.238 e. The summed E-state index contributed by atoms with van der Waals surface area (Å²) in [5.74, 6) is 1.16. The Balaban J connectivity index is 2.06. The number of nitrogens with one attached hydrogen (secondary N) is 1. The third-order valence-corrected chi connectivity index (χ3v) is 3.13. The fraction of sp³-hybridized carbons (Fsp3) is 0.312. The largest absolute Gasteiger partial charge is 0.479 e. The lowest BCUT2D eigenvalue weighted by molar-refractivity contribution is 0.401. The second-order valence-corrected chi connectivity index (χ2v) is 4.72. The highest BCUT2D eigenvalue weighted by molar-refractivity contribution is 5.60. The Morgan fingerprint density at radius 1 is 1.15 bits per heavy atom. The Kier molecular flexibility index (Phi) is 4.82. The fourth-order valence-electron chi connectivity index (χ4n) is 1.97. The molecule has 1 aromatic heterocycles. The van der Waals surface area contributed by atoms with Gasteiger partial charge in [-0.2, -0.15) is 4.98 Å². The van der Waals surface area contributed by atoms with Gasteiger partial charge < -0.3 is 15.8 Å². The summed E-state index contributed by atoms with van der Waals surface area (Å²) in [6.45, 7) is 2.20. The normalized spacial score (nSPS) is 10.3. The second-order valence-electron chi connectivity index (χ2n) is 4.72. The molecule has 1 heterocycles. The van der Waals surface area contributed by atoms with Crippen LogP contribution in [0.25, 0.3) is 0 Å². The molecule has 0 aliphatic rings. The van der Waals surface area contributed by atoms with Gasteiger partial charge in [0.1, 0.15) is 5.82 Å². The summed E-state index contributed by atoms with van der Waals surface area (Å²) >= 11 is 0. The number of nitrogens with zero attached hydrogens (tertiary/aromatic N) is 1. The third-order valence-electron chi connectivity index (χ3n) is 3.13. The number of hydrogen-bond donors (Lipinski definition) is 2. The molecule has 0 saturated carbocycles. The SMILES string of the molecule is CCCCc1ccc(Nc2ccc(N)c(OC)n2)cc1. The van der Waals surface area contributed by atoms with Gasteiger partial charge >= 0.3 is 0 Å². The number of ether oxygens (including phenoxy) is 1. The van der Waals surface area contributed by atoms with Gasteiger partial charge in [-0.1, -0.05) is 25.5 Å². The molecule has 20 heavy (non-hydrogen) atoms. The molecule has 0 unspecified atom stereocenters. The zero-order valence-electron chi connectivity index (χ0n) is 12.0. The van der Waals surface area contributed by atoms with Crippen molar-refractivity contribution in [3.63, 3.8) is 0 Å². The van der Waals surface area contributed by atoms with Gasteiger partial charge in [0, 0.05) is 5.69 Å². The smallest absolute Gasteiger partial charge is 0.238 e. The van der Waals surface area contributed by atoms with Crippen LogP contribution in [0.2, 0.25) is 0 Å². The summed E-state index contributed by atoms with van der Waals surface area (Å²) in [7, 11) is 1.56. The average molecular weight is 271 g/mol. The van der Waals surface area contributed by atoms with Crippen LogP contribution in [0, 0.1) is 0 Å². The molecule has 3 N–H and O–H groups in total. The van der Waals surface area contributed by atoms with Gasteiger partial charge in [0.05, 0.1) is 12.8 Å². The van der Waals surface area contributed by atoms with Crippen molar-refractivity contribution < 1.29 is 4.74 Å². The van der Waals surface area contributed by atoms with Gasteiger partial charge in [-0.25, -0.2) is 0 Å². The molecule has 2 aromatic rings. The summed E-state index contributed by atoms with van der Waals surface area (Å²) in [6.07, 6.45) is 3.57. The molecule has 106 valence electrons. The Bertz CT molecular complexity index is 552. The number of pyridine rings is 1. The van der Waals surface area contributed by atoms with Crippen LogP contribution < -0.4 is 15.8 Å². The van der Waals surface area contributed by atoms with E-state index in [2.05, 4.69) is 41.5 Å². The zero-order chi connectivity index (χ0) is 14.4. The van der Waals surface area contributed by atoms with Crippen LogP contribution in [0.15, 0.2) is 36.4 Å². The van der Waals surface area contributed by atoms with Crippen LogP contribution in [0.4, 0.5) is 17.2 Å². The highest BCUT2D eigenvalue weighted by atomic mass is 16.5. The predicted molar refractivity (Wildman–Crippen MR) is 83.5 cm³/mol. The molecule has 0 saturated heterocycles. The van der Waals surface area contributed by atoms with E-state index in [-0.39, 0.29) is 0 Å². The number of aromatic nitrogens is 1. The lowest BCUT2D eigenvalue weighted by Gasteiger charge is -2.09. The number of anilines is 3. The molecule has 0 amide bonds. The summed E-state index contributed by atoms with van der Waals surface area (Å²) in [4.78, 5) is 4.30. The maximum absolute atomic E-state index is 5.74. The number of hydrogen-bond acceptors (Lipinski definition) is 4. The van der Waals surface area contributed by atoms with Gasteiger partial charge in [-0.05, 0) is 42.7 Å². The summed E-state index contributed by atoms with van der Waals surface area (Å²) in [5, 5.41) is 3.24. The quantitative estimate of drug-likeness (QED) is 0.839. The average Bonchev–Trinajstić information content (AvgIpc) is 2.48. The van der Waals surface area contributed by atoms with Crippen molar-refractivity contribution in [2.75, 3.05) is 18.2 Å². The van der Waals surface area contributed by atoms with E-state index in [0.717, 1.165) is 17.9 Å². The van der Waals surface area contributed by atoms with E-state index in [9.17, 15) is 0 Å². The molecule has 0 atom stereocenters. The second kappa shape index (κ2) is 6.80. The molecule has 0 radical (unpaired) electrons. The summed E-state index contributed by atoms with van der Waals surface area (Å²) in [6, 6.07) is 12.0. The summed E-state index contributed by atoms with van der Waals surface area (Å²) < 4.78 is 5.11. The van der Waals surface area contributed by atoms with Crippen molar-refractivity contribution in [1.82, 2.24) is 4.98 Å². The lowest BCUT2D eigenvalue weighted by atomic mass is 10.1. The number of methoxy groups -OCH3 is 1. The first-order valence-corrected chi connectivity index (χ1v) is 6.89. The van der Waals surface area contributed by atoms with Crippen LogP contribution in [0.1, 0.15) is 25.3 Å². The van der Waals surface area contributed by atoms with E-state index in [4.69, 9.17) is 10.5 Å². The molecule has 1 aromatic carbocycles. The molecular formula is C16H21N3O. The minimum absolute atomic E-state index is 0.439. The first-order chi connectivity index (χ1) is 9.72. The predicted octanol–water partition coefficient (Wildman–Crippen LogP) is 3.76. The molecule has 4 nitrogen and oxygen atoms in total. The van der Waals surface area contributed by atoms with Crippen LogP contribution in [0.3, 0.4) is 0 Å². The molecule has 0 aliphatic heterocycles. The third kappa shape index (κ3) is 3.63. The van der Waals surface area contributed by atoms with E-state index in [0.29, 0.717) is 11.6 Å². The highest BCUT2D eigenvalue weighted by Gasteiger charge is 2.03. The molecule has 0 aliphatic carbocycles. The molecule has 4 heteroatoms. The van der Waals surface area contributed by atoms with Crippen molar-refractivity contribution in [2.45, 2.75) is 26.2 Å². The molecule has 0 bridgehead atoms. The Morgan fingerprint density at radius 3 is 2.55 bits per heavy atom. The van der Waals surface area contributed by atoms with E-state index in [1.165, 1.54) is 18.4 Å². The lowest BCUT2D eigenvalue weighted by Crippen LogP contribution is -1.99. The van der Waals surface area contributed by atoms with Crippen LogP contribution in [-0.4, -0.2) is 12.1 Å². The minimum atomic E-state index is 0.439. The molecule has 2 rings (SSSR count). The molecule has 0 spiro atoms. The van der Waals surface area contributed by atoms with Crippen molar-refractivity contribution in [3.05, 3.63) is 42.0 Å². The Labute approximate surface area is 120 Å². The van der Waals surface area contributed by atoms with E-state index in [1.807, 2.05) is 6.07 Å². The zero-order valence-corrected chi connectivity index (χ0v) is 12.0. The minimum Gasteiger partial charge on any atom is -0.479 e. The van der Waals surface area contributed by atoms with Crippen molar-refractivity contribution in [2.24, 2.45) is 0 Å². The topological polar surface area (TPSA) is 60.2 Å². The fourth-order valence-corrected chi connectivity index (χ4v) is 1.97. The van der Waals surface area contributed by atoms with Gasteiger partial charge in [0.15, 0.2) is 0 Å². The Hall–Kier alpha value is -2.23. The molecular weight excluding hydrogens is 250 g/mol. The van der Waals surface area contributed by atoms with E-state index < -0.39 is 0 Å². The number of nitrogens with two attached hydrogens (primary N) is 1. The standard InChI is InChI=1S/C16H21N3O/c1-3-4-5-12-6-8-13(9-7-12)18-15-11-10-14(17)16(19-15)20-2/h6-11H,3-5,17H2,1-2H3,(H,18,19). The highest BCUT2D eigenvalue weighted by Crippen LogP contribution is 2.23. The van der Waals surface area contributed by atoms with Crippen LogP contribution >= 0.6 is 0 Å². The molecule has 0 fully saturated rings. The van der Waals surface area contributed by atoms with Gasteiger partial charge in [0.25, 0.3) is 0 Å². The number of aryl methyl sites for hydroxylation is 1. The Morgan fingerprint density at radius 2 is 1.90 bits per heavy atom. The van der Waals surface area contributed by atoms with Gasteiger partial charge in [0.2, 0.25) is 5.88 Å². The van der Waals surface area contributed by atoms with Crippen LogP contribution in [0.5, 0.6) is 5.88 Å². The van der Waals surface area contributed by atoms with Crippen molar-refractivity contribution in [1.29, 1.82) is 0 Å². The van der Waals surface area contributed by atoms with Crippen LogP contribution in [-0.2, 0) is 6.42 Å². The number of unbranched alkanes of at least 4 members (excludes halogenated alkanes) is 1. The number of benzene rings is 1. The number of rotatable bonds is 6. The van der Waals surface area contributed by atoms with E-state index >= 15 is 0 Å². The summed E-state index contributed by atoms with van der Waals surface area (Å²) in [5.41, 5.74) is 8.65. The van der Waals surface area contributed by atoms with Crippen molar-refractivity contribution in [3.8, 4) is 5.88 Å². The van der Waals surface area contributed by atoms with Gasteiger partial charge in [-0.15, -0.1) is 0 Å². The first-order valence-electron chi connectivity index (χ1n) is 6.89. The first kappa shape index (κ1) is 14.2. The van der Waals surface area contributed by atoms with Gasteiger partial charge in [-0.3, -0.25) is 0 Å². The van der Waals surface area contributed by atoms with Crippen molar-refractivity contribution >= 4 is 17.2 Å². The van der Waals surface area contributed by atoms with E-state index in [1.54, 1.807) is 13.2 Å². The number of nitrogen functional groups attached to an aromatic ring is 1.